The summed E-state index contributed by atoms with van der Waals surface area (Å²) in [7, 11) is 0. The highest BCUT2D eigenvalue weighted by Gasteiger charge is 2.55. The van der Waals surface area contributed by atoms with E-state index in [9.17, 15) is 14.4 Å². The predicted octanol–water partition coefficient (Wildman–Crippen LogP) is 4.01. The summed E-state index contributed by atoms with van der Waals surface area (Å²) in [6.07, 6.45) is -0.892. The maximum atomic E-state index is 13.8. The van der Waals surface area contributed by atoms with Crippen LogP contribution in [0.1, 0.15) is 25.6 Å². The Kier molecular flexibility index (Phi) is 5.20. The average Bonchev–Trinajstić information content (AvgIpc) is 3.24. The summed E-state index contributed by atoms with van der Waals surface area (Å²) in [6.45, 7) is 4.08. The van der Waals surface area contributed by atoms with Crippen LogP contribution in [0.3, 0.4) is 0 Å². The van der Waals surface area contributed by atoms with Gasteiger partial charge >= 0.3 is 17.5 Å². The standard InChI is InChI=1S/C26H24N4O4/c1-26(2)22(30-24(32)29(25(33)34-30)21-16-10-5-11-17-21)28(20-14-8-4-9-15-20)23(31)27(26)18-19-12-6-3-7-13-19/h3-17,22H,18H2,1-2H3. The molecular formula is C26H24N4O4. The average molecular weight is 457 g/mol. The van der Waals surface area contributed by atoms with Crippen LogP contribution < -0.4 is 16.3 Å². The number of urea groups is 1. The Hall–Kier alpha value is -4.33. The molecular weight excluding hydrogens is 432 g/mol. The normalized spacial score (nSPS) is 17.4. The predicted molar refractivity (Wildman–Crippen MR) is 128 cm³/mol. The third-order valence-electron chi connectivity index (χ3n) is 6.20. The van der Waals surface area contributed by atoms with Gasteiger partial charge in [-0.3, -0.25) is 4.90 Å². The van der Waals surface area contributed by atoms with Crippen molar-refractivity contribution in [3.8, 4) is 5.69 Å². The number of amides is 2. The molecule has 2 heterocycles. The molecule has 172 valence electrons. The van der Waals surface area contributed by atoms with Gasteiger partial charge in [-0.15, -0.1) is 4.74 Å². The van der Waals surface area contributed by atoms with Gasteiger partial charge < -0.3 is 9.42 Å². The van der Waals surface area contributed by atoms with Gasteiger partial charge in [-0.05, 0) is 43.7 Å². The summed E-state index contributed by atoms with van der Waals surface area (Å²) in [5.74, 6) is -0.811. The molecule has 2 amide bonds. The van der Waals surface area contributed by atoms with Crippen molar-refractivity contribution in [2.45, 2.75) is 32.1 Å². The molecule has 1 aliphatic rings. The van der Waals surface area contributed by atoms with Gasteiger partial charge in [0.15, 0.2) is 6.17 Å². The molecule has 1 atom stereocenters. The summed E-state index contributed by atoms with van der Waals surface area (Å²) < 4.78 is 7.50. The van der Waals surface area contributed by atoms with Gasteiger partial charge in [0.2, 0.25) is 0 Å². The lowest BCUT2D eigenvalue weighted by Crippen LogP contribution is -2.46. The van der Waals surface area contributed by atoms with Gasteiger partial charge in [0.25, 0.3) is 0 Å². The van der Waals surface area contributed by atoms with Crippen molar-refractivity contribution < 1.29 is 9.32 Å². The van der Waals surface area contributed by atoms with Gasteiger partial charge in [0.1, 0.15) is 0 Å². The smallest absolute Gasteiger partial charge is 0.314 e. The fraction of sp³-hybridized carbons (Fsp3) is 0.192. The van der Waals surface area contributed by atoms with E-state index in [1.54, 1.807) is 47.4 Å². The Balaban J connectivity index is 1.67. The molecule has 0 bridgehead atoms. The second kappa shape index (κ2) is 8.22. The molecule has 5 rings (SSSR count). The lowest BCUT2D eigenvalue weighted by Gasteiger charge is -2.34. The van der Waals surface area contributed by atoms with E-state index >= 15 is 0 Å². The molecule has 1 unspecified atom stereocenters. The van der Waals surface area contributed by atoms with Crippen LogP contribution in [0, 0.1) is 0 Å². The Morgan fingerprint density at radius 2 is 1.29 bits per heavy atom. The number of benzene rings is 3. The van der Waals surface area contributed by atoms with Gasteiger partial charge in [-0.1, -0.05) is 66.7 Å². The molecule has 0 spiro atoms. The molecule has 0 N–H and O–H groups in total. The number of anilines is 1. The molecule has 1 fully saturated rings. The van der Waals surface area contributed by atoms with E-state index in [1.165, 1.54) is 4.90 Å². The van der Waals surface area contributed by atoms with Crippen molar-refractivity contribution in [2.24, 2.45) is 0 Å². The van der Waals surface area contributed by atoms with Crippen molar-refractivity contribution in [3.05, 3.63) is 118 Å². The van der Waals surface area contributed by atoms with E-state index in [2.05, 4.69) is 0 Å². The first-order chi connectivity index (χ1) is 16.4. The number of aromatic nitrogens is 2. The van der Waals surface area contributed by atoms with E-state index in [0.717, 1.165) is 14.9 Å². The first-order valence-corrected chi connectivity index (χ1v) is 11.0. The zero-order valence-corrected chi connectivity index (χ0v) is 18.9. The molecule has 1 saturated heterocycles. The molecule has 0 aliphatic carbocycles. The third-order valence-corrected chi connectivity index (χ3v) is 6.20. The van der Waals surface area contributed by atoms with Crippen molar-refractivity contribution >= 4 is 11.7 Å². The second-order valence-corrected chi connectivity index (χ2v) is 8.72. The maximum absolute atomic E-state index is 13.8. The molecule has 8 nitrogen and oxygen atoms in total. The number of carbonyl (C=O) groups is 1. The van der Waals surface area contributed by atoms with E-state index in [4.69, 9.17) is 4.52 Å². The fourth-order valence-corrected chi connectivity index (χ4v) is 4.49. The van der Waals surface area contributed by atoms with Crippen molar-refractivity contribution in [1.82, 2.24) is 14.2 Å². The first-order valence-electron chi connectivity index (χ1n) is 11.0. The number of nitrogens with zero attached hydrogens (tertiary/aromatic N) is 4. The van der Waals surface area contributed by atoms with Gasteiger partial charge in [0.05, 0.1) is 11.2 Å². The van der Waals surface area contributed by atoms with Gasteiger partial charge in [-0.25, -0.2) is 14.4 Å². The van der Waals surface area contributed by atoms with Crippen LogP contribution in [0.5, 0.6) is 0 Å². The SMILES string of the molecule is CC1(C)C(n2oc(=O)n(-c3ccccc3)c2=O)N(c2ccccc2)C(=O)N1Cc1ccccc1. The number of carbonyl (C=O) groups excluding carboxylic acids is 1. The molecule has 0 radical (unpaired) electrons. The molecule has 3 aromatic carbocycles. The summed E-state index contributed by atoms with van der Waals surface area (Å²) in [5.41, 5.74) is 0.404. The minimum Gasteiger partial charge on any atom is -0.314 e. The minimum absolute atomic E-state index is 0.285. The summed E-state index contributed by atoms with van der Waals surface area (Å²) >= 11 is 0. The van der Waals surface area contributed by atoms with E-state index in [-0.39, 0.29) is 6.03 Å². The van der Waals surface area contributed by atoms with E-state index in [0.29, 0.717) is 17.9 Å². The highest BCUT2D eigenvalue weighted by atomic mass is 16.5. The fourth-order valence-electron chi connectivity index (χ4n) is 4.49. The maximum Gasteiger partial charge on any atom is 0.447 e. The highest BCUT2D eigenvalue weighted by molar-refractivity contribution is 5.95. The van der Waals surface area contributed by atoms with Crippen molar-refractivity contribution in [1.29, 1.82) is 0 Å². The van der Waals surface area contributed by atoms with Crippen LogP contribution >= 0.6 is 0 Å². The topological polar surface area (TPSA) is 80.7 Å². The van der Waals surface area contributed by atoms with Crippen LogP contribution in [0.25, 0.3) is 5.69 Å². The summed E-state index contributed by atoms with van der Waals surface area (Å²) in [5, 5.41) is 0. The second-order valence-electron chi connectivity index (χ2n) is 8.72. The minimum atomic E-state index is -0.897. The summed E-state index contributed by atoms with van der Waals surface area (Å²) in [4.78, 5) is 43.3. The molecule has 0 saturated carbocycles. The number of hydrogen-bond donors (Lipinski definition) is 0. The largest absolute Gasteiger partial charge is 0.447 e. The van der Waals surface area contributed by atoms with Crippen LogP contribution in [0.2, 0.25) is 0 Å². The molecule has 34 heavy (non-hydrogen) atoms. The molecule has 8 heteroatoms. The zero-order valence-electron chi connectivity index (χ0n) is 18.9. The Morgan fingerprint density at radius 1 is 0.765 bits per heavy atom. The Labute approximate surface area is 195 Å². The quantitative estimate of drug-likeness (QED) is 0.454. The third kappa shape index (κ3) is 3.44. The lowest BCUT2D eigenvalue weighted by atomic mass is 9.99. The van der Waals surface area contributed by atoms with Crippen LogP contribution in [0.4, 0.5) is 10.5 Å². The zero-order chi connectivity index (χ0) is 23.9. The highest BCUT2D eigenvalue weighted by Crippen LogP contribution is 2.42. The molecule has 4 aromatic rings. The summed E-state index contributed by atoms with van der Waals surface area (Å²) in [6, 6.07) is 27.0. The van der Waals surface area contributed by atoms with Crippen molar-refractivity contribution in [2.75, 3.05) is 4.90 Å². The van der Waals surface area contributed by atoms with Crippen LogP contribution in [0.15, 0.2) is 105 Å². The van der Waals surface area contributed by atoms with Crippen molar-refractivity contribution in [3.63, 3.8) is 0 Å². The van der Waals surface area contributed by atoms with Gasteiger partial charge in [-0.2, -0.15) is 4.57 Å². The Bertz CT molecular complexity index is 1420. The van der Waals surface area contributed by atoms with E-state index < -0.39 is 23.2 Å². The first kappa shape index (κ1) is 21.5. The van der Waals surface area contributed by atoms with Crippen LogP contribution in [-0.4, -0.2) is 25.8 Å². The molecule has 1 aliphatic heterocycles. The van der Waals surface area contributed by atoms with E-state index in [1.807, 2.05) is 62.4 Å². The number of rotatable bonds is 5. The van der Waals surface area contributed by atoms with Crippen LogP contribution in [-0.2, 0) is 6.54 Å². The Morgan fingerprint density at radius 3 is 1.88 bits per heavy atom. The monoisotopic (exact) mass is 456 g/mol. The lowest BCUT2D eigenvalue weighted by molar-refractivity contribution is 0.0931. The molecule has 1 aromatic heterocycles. The number of hydrogen-bond acceptors (Lipinski definition) is 4. The van der Waals surface area contributed by atoms with Gasteiger partial charge in [0, 0.05) is 12.2 Å². The number of para-hydroxylation sites is 2.